The van der Waals surface area contributed by atoms with E-state index in [0.29, 0.717) is 17.1 Å². The molecule has 1 aliphatic rings. The second kappa shape index (κ2) is 7.50. The number of rotatable bonds is 4. The third-order valence-corrected chi connectivity index (χ3v) is 4.53. The minimum atomic E-state index is -0.219. The maximum Gasteiger partial charge on any atom is 0.270 e. The van der Waals surface area contributed by atoms with Crippen LogP contribution in [0.5, 0.6) is 11.5 Å². The lowest BCUT2D eigenvalue weighted by Crippen LogP contribution is -2.43. The first-order valence-corrected chi connectivity index (χ1v) is 8.79. The summed E-state index contributed by atoms with van der Waals surface area (Å²) >= 11 is 6.76. The van der Waals surface area contributed by atoms with Crippen molar-refractivity contribution < 1.29 is 14.3 Å². The van der Waals surface area contributed by atoms with Crippen LogP contribution in [0.2, 0.25) is 0 Å². The topological polar surface area (TPSA) is 71.6 Å². The average Bonchev–Trinajstić information content (AvgIpc) is 3.21. The maximum absolute atomic E-state index is 12.1. The SMILES string of the molecule is CCCc1cc(C(=O)NNC(=S)Nc2ccc3c(c2)OCO3)cs1. The number of hydrogen-bond acceptors (Lipinski definition) is 5. The van der Waals surface area contributed by atoms with Gasteiger partial charge in [0.1, 0.15) is 0 Å². The molecule has 0 saturated heterocycles. The van der Waals surface area contributed by atoms with Crippen LogP contribution < -0.4 is 25.6 Å². The van der Waals surface area contributed by atoms with E-state index in [1.165, 1.54) is 4.88 Å². The number of fused-ring (bicyclic) bond motifs is 1. The molecule has 6 nitrogen and oxygen atoms in total. The van der Waals surface area contributed by atoms with Gasteiger partial charge in [0, 0.05) is 22.0 Å². The highest BCUT2D eigenvalue weighted by Gasteiger charge is 2.14. The molecular formula is C16H17N3O3S2. The monoisotopic (exact) mass is 363 g/mol. The first kappa shape index (κ1) is 16.5. The molecule has 1 aromatic carbocycles. The molecule has 0 bridgehead atoms. The van der Waals surface area contributed by atoms with Crippen LogP contribution in [-0.2, 0) is 6.42 Å². The van der Waals surface area contributed by atoms with E-state index in [4.69, 9.17) is 21.7 Å². The summed E-state index contributed by atoms with van der Waals surface area (Å²) in [5, 5.41) is 5.10. The van der Waals surface area contributed by atoms with E-state index in [1.807, 2.05) is 17.5 Å². The summed E-state index contributed by atoms with van der Waals surface area (Å²) in [5.74, 6) is 1.14. The molecule has 0 fully saturated rings. The number of thiocarbonyl (C=S) groups is 1. The summed E-state index contributed by atoms with van der Waals surface area (Å²) in [6, 6.07) is 7.30. The predicted octanol–water partition coefficient (Wildman–Crippen LogP) is 3.06. The van der Waals surface area contributed by atoms with E-state index >= 15 is 0 Å². The van der Waals surface area contributed by atoms with Crippen LogP contribution >= 0.6 is 23.6 Å². The second-order valence-electron chi connectivity index (χ2n) is 5.15. The van der Waals surface area contributed by atoms with E-state index in [0.717, 1.165) is 18.5 Å². The lowest BCUT2D eigenvalue weighted by molar-refractivity contribution is 0.0944. The fourth-order valence-corrected chi connectivity index (χ4v) is 3.34. The molecule has 0 atom stereocenters. The van der Waals surface area contributed by atoms with Crippen molar-refractivity contribution in [2.75, 3.05) is 12.1 Å². The summed E-state index contributed by atoms with van der Waals surface area (Å²) in [7, 11) is 0. The number of ether oxygens (including phenoxy) is 2. The van der Waals surface area contributed by atoms with Gasteiger partial charge in [-0.05, 0) is 36.8 Å². The molecule has 2 aromatic rings. The number of anilines is 1. The lowest BCUT2D eigenvalue weighted by Gasteiger charge is -2.11. The normalized spacial score (nSPS) is 11.9. The van der Waals surface area contributed by atoms with Gasteiger partial charge in [-0.15, -0.1) is 11.3 Å². The Morgan fingerprint density at radius 3 is 2.92 bits per heavy atom. The molecule has 1 amide bonds. The molecule has 2 heterocycles. The Kier molecular flexibility index (Phi) is 5.17. The zero-order valence-electron chi connectivity index (χ0n) is 13.0. The number of thiophene rings is 1. The smallest absolute Gasteiger partial charge is 0.270 e. The first-order chi connectivity index (χ1) is 11.7. The molecule has 0 aliphatic carbocycles. The number of benzene rings is 1. The third-order valence-electron chi connectivity index (χ3n) is 3.33. The summed E-state index contributed by atoms with van der Waals surface area (Å²) in [4.78, 5) is 13.3. The van der Waals surface area contributed by atoms with Crippen LogP contribution in [0.4, 0.5) is 5.69 Å². The Hall–Kier alpha value is -2.32. The molecule has 0 unspecified atom stereocenters. The van der Waals surface area contributed by atoms with Gasteiger partial charge in [-0.3, -0.25) is 15.6 Å². The molecule has 0 radical (unpaired) electrons. The number of amides is 1. The molecule has 3 N–H and O–H groups in total. The van der Waals surface area contributed by atoms with Gasteiger partial charge in [0.05, 0.1) is 5.56 Å². The molecule has 8 heteroatoms. The first-order valence-electron chi connectivity index (χ1n) is 7.50. The number of carbonyl (C=O) groups is 1. The maximum atomic E-state index is 12.1. The Morgan fingerprint density at radius 1 is 1.25 bits per heavy atom. The highest BCUT2D eigenvalue weighted by Crippen LogP contribution is 2.34. The average molecular weight is 363 g/mol. The quantitative estimate of drug-likeness (QED) is 0.573. The van der Waals surface area contributed by atoms with Gasteiger partial charge in [0.25, 0.3) is 5.91 Å². The zero-order valence-corrected chi connectivity index (χ0v) is 14.7. The summed E-state index contributed by atoms with van der Waals surface area (Å²) in [5.41, 5.74) is 6.65. The highest BCUT2D eigenvalue weighted by atomic mass is 32.1. The fraction of sp³-hybridized carbons (Fsp3) is 0.250. The summed E-state index contributed by atoms with van der Waals surface area (Å²) in [6.07, 6.45) is 2.04. The largest absolute Gasteiger partial charge is 0.454 e. The van der Waals surface area contributed by atoms with E-state index in [9.17, 15) is 4.79 Å². The van der Waals surface area contributed by atoms with Gasteiger partial charge >= 0.3 is 0 Å². The van der Waals surface area contributed by atoms with E-state index < -0.39 is 0 Å². The van der Waals surface area contributed by atoms with Crippen molar-refractivity contribution in [1.82, 2.24) is 10.9 Å². The molecule has 3 rings (SSSR count). The van der Waals surface area contributed by atoms with Crippen LogP contribution in [0.15, 0.2) is 29.6 Å². The van der Waals surface area contributed by atoms with Gasteiger partial charge in [-0.2, -0.15) is 0 Å². The van der Waals surface area contributed by atoms with Crippen LogP contribution in [-0.4, -0.2) is 17.8 Å². The fourth-order valence-electron chi connectivity index (χ4n) is 2.20. The molecule has 1 aromatic heterocycles. The van der Waals surface area contributed by atoms with Crippen LogP contribution in [0.1, 0.15) is 28.6 Å². The third kappa shape index (κ3) is 3.95. The lowest BCUT2D eigenvalue weighted by atomic mass is 10.2. The second-order valence-corrected chi connectivity index (χ2v) is 6.56. The van der Waals surface area contributed by atoms with Crippen molar-refractivity contribution in [3.63, 3.8) is 0 Å². The van der Waals surface area contributed by atoms with Crippen molar-refractivity contribution in [3.8, 4) is 11.5 Å². The van der Waals surface area contributed by atoms with Crippen molar-refractivity contribution >= 4 is 40.3 Å². The molecule has 1 aliphatic heterocycles. The molecule has 126 valence electrons. The Morgan fingerprint density at radius 2 is 2.08 bits per heavy atom. The Labute approximate surface area is 149 Å². The van der Waals surface area contributed by atoms with Crippen LogP contribution in [0.25, 0.3) is 0 Å². The van der Waals surface area contributed by atoms with Crippen molar-refractivity contribution in [1.29, 1.82) is 0 Å². The Balaban J connectivity index is 1.50. The van der Waals surface area contributed by atoms with E-state index in [2.05, 4.69) is 23.1 Å². The van der Waals surface area contributed by atoms with E-state index in [-0.39, 0.29) is 17.8 Å². The number of carbonyl (C=O) groups excluding carboxylic acids is 1. The minimum absolute atomic E-state index is 0.219. The van der Waals surface area contributed by atoms with E-state index in [1.54, 1.807) is 23.5 Å². The molecule has 0 spiro atoms. The number of hydrogen-bond donors (Lipinski definition) is 3. The van der Waals surface area contributed by atoms with Crippen LogP contribution in [0.3, 0.4) is 0 Å². The van der Waals surface area contributed by atoms with Gasteiger partial charge in [0.15, 0.2) is 16.6 Å². The molecule has 0 saturated carbocycles. The van der Waals surface area contributed by atoms with Crippen molar-refractivity contribution in [2.45, 2.75) is 19.8 Å². The molecular weight excluding hydrogens is 346 g/mol. The summed E-state index contributed by atoms with van der Waals surface area (Å²) in [6.45, 7) is 2.33. The Bertz CT molecular complexity index is 761. The number of aryl methyl sites for hydroxylation is 1. The minimum Gasteiger partial charge on any atom is -0.454 e. The van der Waals surface area contributed by atoms with Crippen molar-refractivity contribution in [2.24, 2.45) is 0 Å². The zero-order chi connectivity index (χ0) is 16.9. The highest BCUT2D eigenvalue weighted by molar-refractivity contribution is 7.80. The van der Waals surface area contributed by atoms with Gasteiger partial charge in [-0.1, -0.05) is 13.3 Å². The number of hydrazine groups is 1. The summed E-state index contributed by atoms with van der Waals surface area (Å²) < 4.78 is 10.6. The molecule has 24 heavy (non-hydrogen) atoms. The predicted molar refractivity (Wildman–Crippen MR) is 97.7 cm³/mol. The standard InChI is InChI=1S/C16H17N3O3S2/c1-2-3-12-6-10(8-24-12)15(20)18-19-16(23)17-11-4-5-13-14(7-11)22-9-21-13/h4-8H,2-3,9H2,1H3,(H,18,20)(H2,17,19,23). The van der Waals surface area contributed by atoms with Gasteiger partial charge in [0.2, 0.25) is 6.79 Å². The van der Waals surface area contributed by atoms with Gasteiger partial charge < -0.3 is 14.8 Å². The van der Waals surface area contributed by atoms with Gasteiger partial charge in [-0.25, -0.2) is 0 Å². The van der Waals surface area contributed by atoms with Crippen molar-refractivity contribution in [3.05, 3.63) is 40.1 Å². The number of nitrogens with one attached hydrogen (secondary N) is 3. The van der Waals surface area contributed by atoms with Crippen LogP contribution in [0, 0.1) is 0 Å².